The van der Waals surface area contributed by atoms with Crippen molar-refractivity contribution < 1.29 is 28.2 Å². The summed E-state index contributed by atoms with van der Waals surface area (Å²) in [6.07, 6.45) is -1.69. The van der Waals surface area contributed by atoms with Gasteiger partial charge in [-0.15, -0.1) is 0 Å². The Bertz CT molecular complexity index is 954. The van der Waals surface area contributed by atoms with Crippen molar-refractivity contribution in [2.45, 2.75) is 52.4 Å². The van der Waals surface area contributed by atoms with Crippen molar-refractivity contribution in [3.8, 4) is 5.75 Å². The van der Waals surface area contributed by atoms with E-state index in [1.54, 1.807) is 45.9 Å². The van der Waals surface area contributed by atoms with E-state index in [2.05, 4.69) is 0 Å². The Balaban J connectivity index is 2.15. The maximum absolute atomic E-state index is 12.3. The van der Waals surface area contributed by atoms with Crippen LogP contribution in [0.3, 0.4) is 0 Å². The number of esters is 2. The highest BCUT2D eigenvalue weighted by atomic mass is 16.6. The van der Waals surface area contributed by atoms with Crippen molar-refractivity contribution in [3.63, 3.8) is 0 Å². The largest absolute Gasteiger partial charge is 0.481 e. The fraction of sp³-hybridized carbons (Fsp3) is 0.450. The average molecular weight is 374 g/mol. The first-order valence-electron chi connectivity index (χ1n) is 8.73. The van der Waals surface area contributed by atoms with Crippen LogP contribution in [-0.2, 0) is 19.1 Å². The highest BCUT2D eigenvalue weighted by molar-refractivity contribution is 5.84. The first-order valence-corrected chi connectivity index (χ1v) is 8.73. The average Bonchev–Trinajstić information content (AvgIpc) is 2.93. The van der Waals surface area contributed by atoms with E-state index in [4.69, 9.17) is 18.6 Å². The number of carbonyl (C=O) groups is 2. The molecule has 2 heterocycles. The second kappa shape index (κ2) is 6.72. The number of carbonyl (C=O) groups excluding carboxylic acids is 2. The zero-order valence-electron chi connectivity index (χ0n) is 15.9. The second-order valence-electron chi connectivity index (χ2n) is 7.40. The molecule has 0 amide bonds. The number of fused-ring (bicyclic) bond motifs is 3. The molecule has 144 valence electrons. The summed E-state index contributed by atoms with van der Waals surface area (Å²) in [4.78, 5) is 35.6. The number of ether oxygens (including phenoxy) is 3. The molecule has 2 aromatic rings. The van der Waals surface area contributed by atoms with Gasteiger partial charge in [0.2, 0.25) is 0 Å². The molecule has 0 saturated carbocycles. The molecule has 0 bridgehead atoms. The SMILES string of the molecule is CC(=O)OC(C)(C)[C@@H]1Oc2ccc3ccc(=O)oc3c2[C@@H]1OC(=O)C(C)C. The van der Waals surface area contributed by atoms with Gasteiger partial charge in [0.05, 0.1) is 11.5 Å². The molecule has 0 N–H and O–H groups in total. The van der Waals surface area contributed by atoms with Crippen LogP contribution >= 0.6 is 0 Å². The molecule has 1 aliphatic heterocycles. The van der Waals surface area contributed by atoms with Gasteiger partial charge in [-0.2, -0.15) is 0 Å². The van der Waals surface area contributed by atoms with E-state index >= 15 is 0 Å². The van der Waals surface area contributed by atoms with Gasteiger partial charge in [0.1, 0.15) is 16.9 Å². The lowest BCUT2D eigenvalue weighted by Crippen LogP contribution is -2.46. The monoisotopic (exact) mass is 374 g/mol. The predicted octanol–water partition coefficient (Wildman–Crippen LogP) is 3.14. The third kappa shape index (κ3) is 3.54. The highest BCUT2D eigenvalue weighted by Gasteiger charge is 2.50. The number of hydrogen-bond donors (Lipinski definition) is 0. The van der Waals surface area contributed by atoms with Crippen molar-refractivity contribution in [1.82, 2.24) is 0 Å². The Hall–Kier alpha value is -2.83. The molecule has 27 heavy (non-hydrogen) atoms. The Morgan fingerprint density at radius 1 is 1.15 bits per heavy atom. The van der Waals surface area contributed by atoms with Crippen molar-refractivity contribution in [1.29, 1.82) is 0 Å². The minimum absolute atomic E-state index is 0.294. The maximum atomic E-state index is 12.3. The lowest BCUT2D eigenvalue weighted by molar-refractivity contribution is -0.177. The molecule has 0 unspecified atom stereocenters. The molecule has 1 aliphatic rings. The van der Waals surface area contributed by atoms with Crippen molar-refractivity contribution in [3.05, 3.63) is 40.2 Å². The summed E-state index contributed by atoms with van der Waals surface area (Å²) < 4.78 is 22.5. The third-order valence-corrected chi connectivity index (χ3v) is 4.41. The fourth-order valence-corrected chi connectivity index (χ4v) is 3.17. The van der Waals surface area contributed by atoms with Crippen LogP contribution in [0.25, 0.3) is 11.0 Å². The molecule has 3 rings (SSSR count). The van der Waals surface area contributed by atoms with E-state index in [1.165, 1.54) is 13.0 Å². The van der Waals surface area contributed by atoms with E-state index < -0.39 is 35.4 Å². The lowest BCUT2D eigenvalue weighted by Gasteiger charge is -2.33. The molecule has 1 aromatic carbocycles. The van der Waals surface area contributed by atoms with Crippen LogP contribution in [0.5, 0.6) is 5.75 Å². The summed E-state index contributed by atoms with van der Waals surface area (Å²) in [5, 5.41) is 0.675. The molecule has 2 atom stereocenters. The first kappa shape index (κ1) is 18.9. The normalized spacial score (nSPS) is 18.9. The lowest BCUT2D eigenvalue weighted by atomic mass is 9.93. The highest BCUT2D eigenvalue weighted by Crippen LogP contribution is 2.47. The molecule has 0 fully saturated rings. The van der Waals surface area contributed by atoms with Gasteiger partial charge in [0.15, 0.2) is 12.2 Å². The van der Waals surface area contributed by atoms with E-state index in [9.17, 15) is 14.4 Å². The van der Waals surface area contributed by atoms with Crippen molar-refractivity contribution in [2.24, 2.45) is 5.92 Å². The van der Waals surface area contributed by atoms with Crippen LogP contribution in [0, 0.1) is 5.92 Å². The second-order valence-corrected chi connectivity index (χ2v) is 7.40. The summed E-state index contributed by atoms with van der Waals surface area (Å²) >= 11 is 0. The predicted molar refractivity (Wildman–Crippen MR) is 96.4 cm³/mol. The molecule has 0 aliphatic carbocycles. The minimum Gasteiger partial charge on any atom is -0.481 e. The Morgan fingerprint density at radius 3 is 2.44 bits per heavy atom. The Kier molecular flexibility index (Phi) is 4.71. The van der Waals surface area contributed by atoms with Crippen LogP contribution in [-0.4, -0.2) is 23.6 Å². The number of hydrogen-bond acceptors (Lipinski definition) is 7. The molecular weight excluding hydrogens is 352 g/mol. The summed E-state index contributed by atoms with van der Waals surface area (Å²) in [5.41, 5.74) is -0.853. The van der Waals surface area contributed by atoms with E-state index in [0.29, 0.717) is 22.3 Å². The summed E-state index contributed by atoms with van der Waals surface area (Å²) in [5.74, 6) is -0.864. The van der Waals surface area contributed by atoms with Crippen LogP contribution in [0.1, 0.15) is 46.3 Å². The van der Waals surface area contributed by atoms with Gasteiger partial charge in [0, 0.05) is 18.4 Å². The standard InChI is InChI=1S/C20H22O7/c1-10(2)19(23)26-17-15-13(24-18(17)20(4,5)27-11(3)21)8-6-12-7-9-14(22)25-16(12)15/h6-10,17-18H,1-5H3/t17-,18+/m0/s1. The molecule has 7 heteroatoms. The Morgan fingerprint density at radius 2 is 1.81 bits per heavy atom. The molecule has 0 radical (unpaired) electrons. The van der Waals surface area contributed by atoms with Crippen LogP contribution in [0.4, 0.5) is 0 Å². The third-order valence-electron chi connectivity index (χ3n) is 4.41. The fourth-order valence-electron chi connectivity index (χ4n) is 3.17. The van der Waals surface area contributed by atoms with E-state index in [1.807, 2.05) is 0 Å². The number of benzene rings is 1. The smallest absolute Gasteiger partial charge is 0.336 e. The van der Waals surface area contributed by atoms with E-state index in [-0.39, 0.29) is 5.92 Å². The topological polar surface area (TPSA) is 92.0 Å². The zero-order valence-corrected chi connectivity index (χ0v) is 15.9. The van der Waals surface area contributed by atoms with Crippen molar-refractivity contribution in [2.75, 3.05) is 0 Å². The van der Waals surface area contributed by atoms with Crippen LogP contribution in [0.15, 0.2) is 33.5 Å². The first-order chi connectivity index (χ1) is 12.6. The zero-order chi connectivity index (χ0) is 19.9. The quantitative estimate of drug-likeness (QED) is 0.599. The van der Waals surface area contributed by atoms with Gasteiger partial charge in [0.25, 0.3) is 0 Å². The van der Waals surface area contributed by atoms with Crippen molar-refractivity contribution >= 4 is 22.9 Å². The van der Waals surface area contributed by atoms with Gasteiger partial charge < -0.3 is 18.6 Å². The van der Waals surface area contributed by atoms with Crippen LogP contribution < -0.4 is 10.4 Å². The van der Waals surface area contributed by atoms with Gasteiger partial charge in [-0.05, 0) is 32.0 Å². The molecule has 0 saturated heterocycles. The number of rotatable bonds is 4. The van der Waals surface area contributed by atoms with Gasteiger partial charge in [-0.3, -0.25) is 9.59 Å². The summed E-state index contributed by atoms with van der Waals surface area (Å²) in [6.45, 7) is 8.09. The minimum atomic E-state index is -1.09. The van der Waals surface area contributed by atoms with Gasteiger partial charge in [-0.25, -0.2) is 4.79 Å². The molecule has 1 aromatic heterocycles. The van der Waals surface area contributed by atoms with Crippen LogP contribution in [0.2, 0.25) is 0 Å². The van der Waals surface area contributed by atoms with Gasteiger partial charge in [-0.1, -0.05) is 13.8 Å². The summed E-state index contributed by atoms with van der Waals surface area (Å²) in [7, 11) is 0. The van der Waals surface area contributed by atoms with E-state index in [0.717, 1.165) is 0 Å². The molecular formula is C20H22O7. The Labute approximate surface area is 156 Å². The van der Waals surface area contributed by atoms with Gasteiger partial charge >= 0.3 is 17.6 Å². The molecule has 7 nitrogen and oxygen atoms in total. The molecule has 0 spiro atoms. The maximum Gasteiger partial charge on any atom is 0.336 e. The summed E-state index contributed by atoms with van der Waals surface area (Å²) in [6, 6.07) is 6.42.